The van der Waals surface area contributed by atoms with Crippen LogP contribution >= 0.6 is 0 Å². The lowest BCUT2D eigenvalue weighted by molar-refractivity contribution is -0.121. The number of nitrogens with one attached hydrogen (secondary N) is 2. The van der Waals surface area contributed by atoms with Crippen molar-refractivity contribution >= 4 is 27.4 Å². The molecule has 1 aromatic rings. The monoisotopic (exact) mass is 413 g/mol. The summed E-state index contributed by atoms with van der Waals surface area (Å²) in [4.78, 5) is 23.0. The van der Waals surface area contributed by atoms with Gasteiger partial charge in [0.2, 0.25) is 15.9 Å². The van der Waals surface area contributed by atoms with E-state index < -0.39 is 16.1 Å². The van der Waals surface area contributed by atoms with Crippen molar-refractivity contribution in [2.24, 2.45) is 0 Å². The molecular formula is C21H23N3O4S. The van der Waals surface area contributed by atoms with E-state index >= 15 is 0 Å². The number of Topliss-reactive ketones (excluding diaryl/α,β-unsaturated/α-hetero) is 1. The van der Waals surface area contributed by atoms with E-state index in [0.29, 0.717) is 18.8 Å². The van der Waals surface area contributed by atoms with Crippen molar-refractivity contribution < 1.29 is 18.0 Å². The van der Waals surface area contributed by atoms with Gasteiger partial charge >= 0.3 is 0 Å². The number of fused-ring (bicyclic) bond motifs is 1. The van der Waals surface area contributed by atoms with E-state index in [1.54, 1.807) is 0 Å². The Morgan fingerprint density at radius 3 is 2.14 bits per heavy atom. The smallest absolute Gasteiger partial charge is 0.247 e. The largest absolute Gasteiger partial charge is 0.323 e. The highest BCUT2D eigenvalue weighted by Crippen LogP contribution is 2.29. The topological polar surface area (TPSA) is 95.6 Å². The molecular weight excluding hydrogens is 390 g/mol. The van der Waals surface area contributed by atoms with Gasteiger partial charge in [-0.25, -0.2) is 8.42 Å². The number of sulfonamides is 1. The molecule has 0 radical (unpaired) electrons. The van der Waals surface area contributed by atoms with Crippen LogP contribution in [0.2, 0.25) is 0 Å². The number of nitrogens with zero attached hydrogens (tertiary/aromatic N) is 1. The van der Waals surface area contributed by atoms with Crippen LogP contribution in [-0.2, 0) is 19.6 Å². The molecule has 1 unspecified atom stereocenters. The molecule has 1 aliphatic heterocycles. The van der Waals surface area contributed by atoms with Gasteiger partial charge < -0.3 is 10.6 Å². The fourth-order valence-electron chi connectivity index (χ4n) is 3.02. The molecule has 3 aliphatic rings. The first kappa shape index (κ1) is 20.9. The quantitative estimate of drug-likeness (QED) is 0.624. The highest BCUT2D eigenvalue weighted by Gasteiger charge is 2.35. The zero-order valence-electron chi connectivity index (χ0n) is 16.1. The van der Waals surface area contributed by atoms with Crippen LogP contribution in [0.5, 0.6) is 0 Å². The maximum atomic E-state index is 12.7. The van der Waals surface area contributed by atoms with E-state index in [4.69, 9.17) is 0 Å². The lowest BCUT2D eigenvalue weighted by Gasteiger charge is -2.33. The molecule has 4 rings (SSSR count). The average molecular weight is 413 g/mol. The van der Waals surface area contributed by atoms with E-state index in [9.17, 15) is 18.0 Å². The minimum absolute atomic E-state index is 0.0854. The minimum Gasteiger partial charge on any atom is -0.323 e. The third kappa shape index (κ3) is 4.61. The number of hydrogen-bond donors (Lipinski definition) is 2. The van der Waals surface area contributed by atoms with Crippen molar-refractivity contribution in [3.8, 4) is 11.1 Å². The van der Waals surface area contributed by atoms with Crippen LogP contribution < -0.4 is 10.6 Å². The Hall–Kier alpha value is -2.81. The van der Waals surface area contributed by atoms with E-state index in [2.05, 4.69) is 41.5 Å². The van der Waals surface area contributed by atoms with Gasteiger partial charge in [0.15, 0.2) is 0 Å². The second kappa shape index (κ2) is 8.69. The Morgan fingerprint density at radius 1 is 1.10 bits per heavy atom. The van der Waals surface area contributed by atoms with Gasteiger partial charge in [0, 0.05) is 25.3 Å². The molecule has 0 aromatic heterocycles. The van der Waals surface area contributed by atoms with Gasteiger partial charge in [-0.3, -0.25) is 9.59 Å². The summed E-state index contributed by atoms with van der Waals surface area (Å²) in [6.07, 6.45) is 1.13. The van der Waals surface area contributed by atoms with E-state index in [1.807, 2.05) is 0 Å². The Labute approximate surface area is 170 Å². The van der Waals surface area contributed by atoms with Crippen LogP contribution in [0.25, 0.3) is 11.1 Å². The van der Waals surface area contributed by atoms with Crippen molar-refractivity contribution in [3.05, 3.63) is 61.2 Å². The van der Waals surface area contributed by atoms with Gasteiger partial charge in [0.05, 0.1) is 10.9 Å². The average Bonchev–Trinajstić information content (AvgIpc) is 2.71. The first-order valence-electron chi connectivity index (χ1n) is 9.20. The number of benzene rings is 2. The number of anilines is 1. The second-order valence-corrected chi connectivity index (χ2v) is 8.63. The summed E-state index contributed by atoms with van der Waals surface area (Å²) in [7, 11) is -3.77. The minimum atomic E-state index is -3.77. The van der Waals surface area contributed by atoms with Crippen LogP contribution in [0.1, 0.15) is 6.92 Å². The third-order valence-corrected chi connectivity index (χ3v) is 6.72. The molecule has 1 atom stereocenters. The molecule has 1 amide bonds. The predicted molar refractivity (Wildman–Crippen MR) is 112 cm³/mol. The van der Waals surface area contributed by atoms with Crippen molar-refractivity contribution in [3.63, 3.8) is 0 Å². The Kier molecular flexibility index (Phi) is 6.26. The molecule has 152 valence electrons. The molecule has 29 heavy (non-hydrogen) atoms. The summed E-state index contributed by atoms with van der Waals surface area (Å²) in [6, 6.07) is 13.6. The SMILES string of the molecule is C=CC(=O)Nc1ccc(S(=O)(=O)N2CCNCC2C(C)=O)cc1.c1cc2ccc1-2. The molecule has 0 spiro atoms. The lowest BCUT2D eigenvalue weighted by atomic mass is 9.95. The van der Waals surface area contributed by atoms with E-state index in [0.717, 1.165) is 6.08 Å². The standard InChI is InChI=1S/C15H19N3O4S.C6H4/c1-3-15(20)17-12-4-6-13(7-5-12)23(21,22)18-9-8-16-10-14(18)11(2)19;1-2-6-4-3-5(1)6/h3-7,14,16H,1,8-10H2,2H3,(H,17,20);1-4H. The molecule has 1 fully saturated rings. The van der Waals surface area contributed by atoms with Crippen LogP contribution in [0.3, 0.4) is 0 Å². The first-order valence-corrected chi connectivity index (χ1v) is 10.6. The van der Waals surface area contributed by atoms with Crippen LogP contribution in [0, 0.1) is 0 Å². The number of amides is 1. The normalized spacial score (nSPS) is 17.5. The van der Waals surface area contributed by atoms with Gasteiger partial charge in [-0.05, 0) is 48.4 Å². The zero-order valence-corrected chi connectivity index (χ0v) is 16.9. The third-order valence-electron chi connectivity index (χ3n) is 4.80. The van der Waals surface area contributed by atoms with Gasteiger partial charge in [-0.1, -0.05) is 30.8 Å². The molecule has 0 bridgehead atoms. The number of hydrogen-bond acceptors (Lipinski definition) is 5. The van der Waals surface area contributed by atoms with Gasteiger partial charge in [-0.15, -0.1) is 0 Å². The number of carbonyl (C=O) groups is 2. The van der Waals surface area contributed by atoms with Crippen molar-refractivity contribution in [1.82, 2.24) is 9.62 Å². The highest BCUT2D eigenvalue weighted by molar-refractivity contribution is 7.89. The number of ketones is 1. The van der Waals surface area contributed by atoms with Gasteiger partial charge in [0.1, 0.15) is 5.78 Å². The van der Waals surface area contributed by atoms with Gasteiger partial charge in [0.25, 0.3) is 0 Å². The van der Waals surface area contributed by atoms with Crippen molar-refractivity contribution in [2.75, 3.05) is 25.0 Å². The van der Waals surface area contributed by atoms with E-state index in [1.165, 1.54) is 46.6 Å². The zero-order chi connectivity index (χ0) is 21.0. The maximum absolute atomic E-state index is 12.7. The molecule has 8 heteroatoms. The van der Waals surface area contributed by atoms with Crippen LogP contribution in [0.15, 0.2) is 66.1 Å². The first-order chi connectivity index (χ1) is 13.8. The van der Waals surface area contributed by atoms with Crippen LogP contribution in [0.4, 0.5) is 5.69 Å². The summed E-state index contributed by atoms with van der Waals surface area (Å²) < 4.78 is 26.7. The number of rotatable bonds is 5. The van der Waals surface area contributed by atoms with Gasteiger partial charge in [-0.2, -0.15) is 4.31 Å². The Balaban J connectivity index is 0.000000334. The molecule has 2 N–H and O–H groups in total. The maximum Gasteiger partial charge on any atom is 0.247 e. The summed E-state index contributed by atoms with van der Waals surface area (Å²) in [5.41, 5.74) is 3.32. The number of piperazine rings is 1. The summed E-state index contributed by atoms with van der Waals surface area (Å²) in [5, 5.41) is 5.57. The molecule has 1 heterocycles. The second-order valence-electron chi connectivity index (χ2n) is 6.74. The van der Waals surface area contributed by atoms with Crippen LogP contribution in [-0.4, -0.2) is 50.1 Å². The van der Waals surface area contributed by atoms with Crippen molar-refractivity contribution in [1.29, 1.82) is 0 Å². The molecule has 7 nitrogen and oxygen atoms in total. The molecule has 0 saturated carbocycles. The molecule has 1 aromatic carbocycles. The Morgan fingerprint density at radius 2 is 1.69 bits per heavy atom. The molecule has 2 aliphatic carbocycles. The van der Waals surface area contributed by atoms with E-state index in [-0.39, 0.29) is 23.1 Å². The summed E-state index contributed by atoms with van der Waals surface area (Å²) in [5.74, 6) is -0.574. The lowest BCUT2D eigenvalue weighted by Crippen LogP contribution is -2.56. The highest BCUT2D eigenvalue weighted by atomic mass is 32.2. The Bertz CT molecular complexity index is 994. The fourth-order valence-corrected chi connectivity index (χ4v) is 4.66. The van der Waals surface area contributed by atoms with Crippen molar-refractivity contribution in [2.45, 2.75) is 17.9 Å². The number of carbonyl (C=O) groups excluding carboxylic acids is 2. The predicted octanol–water partition coefficient (Wildman–Crippen LogP) is 2.03. The molecule has 1 saturated heterocycles. The summed E-state index contributed by atoms with van der Waals surface area (Å²) in [6.45, 7) is 5.77. The summed E-state index contributed by atoms with van der Waals surface area (Å²) >= 11 is 0. The fraction of sp³-hybridized carbons (Fsp3) is 0.238.